The van der Waals surface area contributed by atoms with Gasteiger partial charge in [-0.3, -0.25) is 4.79 Å². The Morgan fingerprint density at radius 1 is 1.12 bits per heavy atom. The van der Waals surface area contributed by atoms with Gasteiger partial charge >= 0.3 is 0 Å². The molecule has 0 aromatic heterocycles. The summed E-state index contributed by atoms with van der Waals surface area (Å²) in [7, 11) is -3.02. The Hall–Kier alpha value is -2.38. The molecule has 0 aliphatic carbocycles. The molecule has 1 fully saturated rings. The van der Waals surface area contributed by atoms with E-state index < -0.39 is 15.4 Å². The van der Waals surface area contributed by atoms with Crippen LogP contribution in [0.25, 0.3) is 0 Å². The smallest absolute Gasteiger partial charge is 0.238 e. The zero-order chi connectivity index (χ0) is 18.6. The molecule has 26 heavy (non-hydrogen) atoms. The number of anilines is 1. The van der Waals surface area contributed by atoms with Gasteiger partial charge in [-0.25, -0.2) is 8.42 Å². The van der Waals surface area contributed by atoms with Crippen molar-refractivity contribution in [3.05, 3.63) is 54.6 Å². The quantitative estimate of drug-likeness (QED) is 0.812. The first-order chi connectivity index (χ1) is 12.4. The third-order valence-electron chi connectivity index (χ3n) is 4.31. The maximum atomic E-state index is 12.3. The van der Waals surface area contributed by atoms with Crippen LogP contribution in [0.3, 0.4) is 0 Å². The molecule has 2 aromatic rings. The summed E-state index contributed by atoms with van der Waals surface area (Å²) in [5.74, 6) is 1.18. The molecular weight excluding hydrogens is 352 g/mol. The zero-order valence-electron chi connectivity index (χ0n) is 14.6. The molecule has 0 spiro atoms. The lowest BCUT2D eigenvalue weighted by Crippen LogP contribution is -2.46. The summed E-state index contributed by atoms with van der Waals surface area (Å²) in [6.45, 7) is 1.86. The third kappa shape index (κ3) is 4.83. The second kappa shape index (κ2) is 7.47. The van der Waals surface area contributed by atoms with Gasteiger partial charge in [0.25, 0.3) is 0 Å². The van der Waals surface area contributed by atoms with E-state index in [9.17, 15) is 13.2 Å². The molecule has 6 nitrogen and oxygen atoms in total. The number of amides is 1. The summed E-state index contributed by atoms with van der Waals surface area (Å²) < 4.78 is 29.1. The average Bonchev–Trinajstić information content (AvgIpc) is 2.90. The van der Waals surface area contributed by atoms with E-state index in [1.807, 2.05) is 49.4 Å². The Balaban J connectivity index is 1.61. The monoisotopic (exact) mass is 374 g/mol. The lowest BCUT2D eigenvalue weighted by Gasteiger charge is -2.23. The summed E-state index contributed by atoms with van der Waals surface area (Å²) in [5.41, 5.74) is 0.00306. The minimum Gasteiger partial charge on any atom is -0.455 e. The maximum Gasteiger partial charge on any atom is 0.238 e. The molecule has 2 aromatic carbocycles. The summed E-state index contributed by atoms with van der Waals surface area (Å²) in [6.07, 6.45) is 0.510. The summed E-state index contributed by atoms with van der Waals surface area (Å²) in [4.78, 5) is 12.3. The van der Waals surface area contributed by atoms with Gasteiger partial charge in [0, 0.05) is 5.54 Å². The lowest BCUT2D eigenvalue weighted by molar-refractivity contribution is -0.115. The molecule has 1 aliphatic heterocycles. The minimum absolute atomic E-state index is 0.0334. The second-order valence-corrected chi connectivity index (χ2v) is 8.90. The highest BCUT2D eigenvalue weighted by atomic mass is 32.2. The molecule has 1 aliphatic rings. The van der Waals surface area contributed by atoms with Crippen LogP contribution in [0.5, 0.6) is 11.5 Å². The molecule has 0 saturated carbocycles. The van der Waals surface area contributed by atoms with Crippen molar-refractivity contribution in [2.75, 3.05) is 23.4 Å². The van der Waals surface area contributed by atoms with Gasteiger partial charge in [0.2, 0.25) is 5.91 Å². The van der Waals surface area contributed by atoms with Crippen LogP contribution in [0, 0.1) is 0 Å². The van der Waals surface area contributed by atoms with Crippen molar-refractivity contribution in [3.63, 3.8) is 0 Å². The zero-order valence-corrected chi connectivity index (χ0v) is 15.4. The predicted octanol–water partition coefficient (Wildman–Crippen LogP) is 2.58. The first-order valence-corrected chi connectivity index (χ1v) is 10.2. The minimum atomic E-state index is -3.02. The number of hydrogen-bond acceptors (Lipinski definition) is 5. The predicted molar refractivity (Wildman–Crippen MR) is 101 cm³/mol. The molecule has 2 N–H and O–H groups in total. The number of sulfone groups is 1. The van der Waals surface area contributed by atoms with E-state index in [4.69, 9.17) is 4.74 Å². The fourth-order valence-corrected chi connectivity index (χ4v) is 5.04. The van der Waals surface area contributed by atoms with Crippen LogP contribution in [-0.4, -0.2) is 37.9 Å². The van der Waals surface area contributed by atoms with Crippen LogP contribution in [0.4, 0.5) is 5.69 Å². The van der Waals surface area contributed by atoms with Gasteiger partial charge in [-0.05, 0) is 37.6 Å². The normalized spacial score (nSPS) is 21.3. The fraction of sp³-hybridized carbons (Fsp3) is 0.316. The van der Waals surface area contributed by atoms with Crippen molar-refractivity contribution >= 4 is 21.4 Å². The Bertz CT molecular complexity index is 883. The number of rotatable bonds is 6. The summed E-state index contributed by atoms with van der Waals surface area (Å²) >= 11 is 0. The largest absolute Gasteiger partial charge is 0.455 e. The van der Waals surface area contributed by atoms with Crippen molar-refractivity contribution in [2.45, 2.75) is 18.9 Å². The number of nitrogens with one attached hydrogen (secondary N) is 2. The van der Waals surface area contributed by atoms with E-state index in [0.29, 0.717) is 23.6 Å². The number of carbonyl (C=O) groups is 1. The van der Waals surface area contributed by atoms with Gasteiger partial charge in [-0.2, -0.15) is 0 Å². The van der Waals surface area contributed by atoms with Crippen LogP contribution in [0.2, 0.25) is 0 Å². The first-order valence-electron chi connectivity index (χ1n) is 8.43. The molecule has 3 rings (SSSR count). The van der Waals surface area contributed by atoms with Crippen LogP contribution >= 0.6 is 0 Å². The van der Waals surface area contributed by atoms with Crippen molar-refractivity contribution < 1.29 is 17.9 Å². The number of ether oxygens (including phenoxy) is 1. The van der Waals surface area contributed by atoms with E-state index in [2.05, 4.69) is 10.6 Å². The lowest BCUT2D eigenvalue weighted by atomic mass is 10.0. The molecule has 0 unspecified atom stereocenters. The molecular formula is C19H22N2O4S. The molecule has 1 heterocycles. The van der Waals surface area contributed by atoms with Crippen LogP contribution in [0.15, 0.2) is 54.6 Å². The third-order valence-corrected chi connectivity index (χ3v) is 6.21. The fourth-order valence-electron chi connectivity index (χ4n) is 2.91. The van der Waals surface area contributed by atoms with E-state index >= 15 is 0 Å². The van der Waals surface area contributed by atoms with Crippen molar-refractivity contribution in [3.8, 4) is 11.5 Å². The highest BCUT2D eigenvalue weighted by molar-refractivity contribution is 7.91. The van der Waals surface area contributed by atoms with Crippen LogP contribution in [-0.2, 0) is 14.6 Å². The number of carbonyl (C=O) groups excluding carboxylic acids is 1. The highest BCUT2D eigenvalue weighted by Gasteiger charge is 2.38. The van der Waals surface area contributed by atoms with Gasteiger partial charge in [-0.1, -0.05) is 30.3 Å². The van der Waals surface area contributed by atoms with E-state index in [0.717, 1.165) is 0 Å². The molecule has 0 bridgehead atoms. The van der Waals surface area contributed by atoms with E-state index in [-0.39, 0.29) is 24.0 Å². The first kappa shape index (κ1) is 18.4. The Kier molecular flexibility index (Phi) is 5.29. The van der Waals surface area contributed by atoms with Crippen molar-refractivity contribution in [2.24, 2.45) is 0 Å². The van der Waals surface area contributed by atoms with Gasteiger partial charge in [0.15, 0.2) is 15.6 Å². The second-order valence-electron chi connectivity index (χ2n) is 6.72. The highest BCUT2D eigenvalue weighted by Crippen LogP contribution is 2.29. The SMILES string of the molecule is C[C@@]1(NCC(=O)Nc2ccccc2Oc2ccccc2)CCS(=O)(=O)C1. The summed E-state index contributed by atoms with van der Waals surface area (Å²) in [5, 5.41) is 5.89. The van der Waals surface area contributed by atoms with Gasteiger partial charge < -0.3 is 15.4 Å². The molecule has 1 amide bonds. The molecule has 1 atom stereocenters. The summed E-state index contributed by atoms with van der Waals surface area (Å²) in [6, 6.07) is 16.5. The Morgan fingerprint density at radius 2 is 1.81 bits per heavy atom. The van der Waals surface area contributed by atoms with E-state index in [1.54, 1.807) is 12.1 Å². The molecule has 1 saturated heterocycles. The van der Waals surface area contributed by atoms with Crippen molar-refractivity contribution in [1.82, 2.24) is 5.32 Å². The number of benzene rings is 2. The van der Waals surface area contributed by atoms with Gasteiger partial charge in [-0.15, -0.1) is 0 Å². The standard InChI is InChI=1S/C19H22N2O4S/c1-19(11-12-26(23,24)14-19)20-13-18(22)21-16-9-5-6-10-17(16)25-15-7-3-2-4-8-15/h2-10,20H,11-14H2,1H3,(H,21,22)/t19-/m1/s1. The van der Waals surface area contributed by atoms with Crippen LogP contribution < -0.4 is 15.4 Å². The maximum absolute atomic E-state index is 12.3. The van der Waals surface area contributed by atoms with Crippen LogP contribution in [0.1, 0.15) is 13.3 Å². The average molecular weight is 374 g/mol. The molecule has 0 radical (unpaired) electrons. The number of hydrogen-bond donors (Lipinski definition) is 2. The molecule has 7 heteroatoms. The Labute approximate surface area is 153 Å². The van der Waals surface area contributed by atoms with E-state index in [1.165, 1.54) is 0 Å². The molecule has 138 valence electrons. The topological polar surface area (TPSA) is 84.5 Å². The van der Waals surface area contributed by atoms with Crippen molar-refractivity contribution in [1.29, 1.82) is 0 Å². The Morgan fingerprint density at radius 3 is 2.50 bits per heavy atom. The van der Waals surface area contributed by atoms with Gasteiger partial charge in [0.05, 0.1) is 23.7 Å². The van der Waals surface area contributed by atoms with Gasteiger partial charge in [0.1, 0.15) is 5.75 Å². The number of para-hydroxylation sites is 3.